The summed E-state index contributed by atoms with van der Waals surface area (Å²) in [5.41, 5.74) is 1.91. The summed E-state index contributed by atoms with van der Waals surface area (Å²) in [6.07, 6.45) is 0. The zero-order chi connectivity index (χ0) is 11.0. The summed E-state index contributed by atoms with van der Waals surface area (Å²) >= 11 is 0. The second kappa shape index (κ2) is 3.49. The number of ether oxygens (including phenoxy) is 1. The molecule has 0 aromatic heterocycles. The largest absolute Gasteiger partial charge is 0.472 e. The maximum atomic E-state index is 12.2. The first-order chi connectivity index (χ1) is 7.86. The number of fused-ring (bicyclic) bond motifs is 2. The van der Waals surface area contributed by atoms with Gasteiger partial charge in [0.1, 0.15) is 5.75 Å². The van der Waals surface area contributed by atoms with E-state index in [0.717, 1.165) is 0 Å². The first kappa shape index (κ1) is 9.16. The van der Waals surface area contributed by atoms with E-state index in [1.165, 1.54) is 0 Å². The van der Waals surface area contributed by atoms with Gasteiger partial charge in [0.05, 0.1) is 5.56 Å². The summed E-state index contributed by atoms with van der Waals surface area (Å²) in [5, 5.41) is 0. The van der Waals surface area contributed by atoms with E-state index in [2.05, 4.69) is 6.61 Å². The van der Waals surface area contributed by atoms with E-state index >= 15 is 0 Å². The van der Waals surface area contributed by atoms with Crippen molar-refractivity contribution in [3.63, 3.8) is 0 Å². The maximum Gasteiger partial charge on any atom is 0.231 e. The van der Waals surface area contributed by atoms with Crippen LogP contribution in [0.2, 0.25) is 0 Å². The van der Waals surface area contributed by atoms with Crippen molar-refractivity contribution >= 4 is 5.78 Å². The van der Waals surface area contributed by atoms with E-state index in [9.17, 15) is 4.79 Å². The SMILES string of the molecule is O=C1c2ccccc2[C]Oc2ccccc21. The zero-order valence-corrected chi connectivity index (χ0v) is 8.44. The van der Waals surface area contributed by atoms with E-state index < -0.39 is 0 Å². The van der Waals surface area contributed by atoms with Gasteiger partial charge in [0.15, 0.2) is 5.78 Å². The van der Waals surface area contributed by atoms with Crippen LogP contribution in [0.5, 0.6) is 5.75 Å². The molecule has 0 unspecified atom stereocenters. The lowest BCUT2D eigenvalue weighted by atomic mass is 9.99. The molecule has 0 N–H and O–H groups in total. The Bertz CT molecular complexity index is 509. The Morgan fingerprint density at radius 3 is 2.44 bits per heavy atom. The number of rotatable bonds is 0. The van der Waals surface area contributed by atoms with Gasteiger partial charge in [-0.3, -0.25) is 4.79 Å². The molecule has 2 radical (unpaired) electrons. The average Bonchev–Trinajstić information content (AvgIpc) is 2.49. The molecular weight excluding hydrogens is 200 g/mol. The molecule has 2 nitrogen and oxygen atoms in total. The number of carbonyl (C=O) groups excluding carboxylic acids is 1. The Hall–Kier alpha value is -2.09. The minimum absolute atomic E-state index is 0.0174. The Morgan fingerprint density at radius 1 is 0.875 bits per heavy atom. The Labute approximate surface area is 93.5 Å². The van der Waals surface area contributed by atoms with E-state index in [-0.39, 0.29) is 5.78 Å². The molecule has 0 saturated carbocycles. The molecule has 16 heavy (non-hydrogen) atoms. The van der Waals surface area contributed by atoms with E-state index in [1.54, 1.807) is 18.2 Å². The van der Waals surface area contributed by atoms with Crippen molar-refractivity contribution < 1.29 is 9.53 Å². The third kappa shape index (κ3) is 1.31. The fourth-order valence-corrected chi connectivity index (χ4v) is 1.77. The van der Waals surface area contributed by atoms with Crippen molar-refractivity contribution in [2.45, 2.75) is 0 Å². The topological polar surface area (TPSA) is 26.3 Å². The van der Waals surface area contributed by atoms with Crippen LogP contribution < -0.4 is 4.74 Å². The second-order valence-corrected chi connectivity index (χ2v) is 3.57. The molecule has 2 heteroatoms. The van der Waals surface area contributed by atoms with Crippen LogP contribution in [0.4, 0.5) is 0 Å². The third-order valence-corrected chi connectivity index (χ3v) is 2.57. The van der Waals surface area contributed by atoms with Crippen molar-refractivity contribution in [3.8, 4) is 5.75 Å². The van der Waals surface area contributed by atoms with Crippen LogP contribution in [-0.4, -0.2) is 5.78 Å². The summed E-state index contributed by atoms with van der Waals surface area (Å²) in [5.74, 6) is 0.542. The number of carbonyl (C=O) groups is 1. The van der Waals surface area contributed by atoms with Crippen molar-refractivity contribution in [2.24, 2.45) is 0 Å². The first-order valence-corrected chi connectivity index (χ1v) is 5.02. The van der Waals surface area contributed by atoms with Crippen LogP contribution in [0.15, 0.2) is 48.5 Å². The molecule has 1 heterocycles. The van der Waals surface area contributed by atoms with Crippen molar-refractivity contribution in [2.75, 3.05) is 0 Å². The number of hydrogen-bond acceptors (Lipinski definition) is 2. The molecule has 2 aromatic rings. The van der Waals surface area contributed by atoms with Gasteiger partial charge in [0, 0.05) is 11.1 Å². The summed E-state index contributed by atoms with van der Waals surface area (Å²) in [4.78, 5) is 12.2. The van der Waals surface area contributed by atoms with Gasteiger partial charge in [0.2, 0.25) is 6.61 Å². The molecule has 0 spiro atoms. The highest BCUT2D eigenvalue weighted by atomic mass is 16.5. The highest BCUT2D eigenvalue weighted by Gasteiger charge is 2.21. The Balaban J connectivity index is 2.22. The molecule has 0 amide bonds. The van der Waals surface area contributed by atoms with Gasteiger partial charge in [0.25, 0.3) is 0 Å². The second-order valence-electron chi connectivity index (χ2n) is 3.57. The fourth-order valence-electron chi connectivity index (χ4n) is 1.77. The molecule has 0 aliphatic carbocycles. The molecule has 0 saturated heterocycles. The number of hydrogen-bond donors (Lipinski definition) is 0. The monoisotopic (exact) mass is 208 g/mol. The van der Waals surface area contributed by atoms with Crippen LogP contribution in [0.25, 0.3) is 0 Å². The van der Waals surface area contributed by atoms with Gasteiger partial charge < -0.3 is 4.74 Å². The number of ketones is 1. The quantitative estimate of drug-likeness (QED) is 0.665. The Kier molecular flexibility index (Phi) is 2.00. The summed E-state index contributed by atoms with van der Waals surface area (Å²) in [6.45, 7) is 2.79. The van der Waals surface area contributed by atoms with Gasteiger partial charge in [-0.15, -0.1) is 0 Å². The van der Waals surface area contributed by atoms with Crippen LogP contribution >= 0.6 is 0 Å². The van der Waals surface area contributed by atoms with Crippen molar-refractivity contribution in [3.05, 3.63) is 71.8 Å². The standard InChI is InChI=1S/C14H8O2/c15-14-11-6-2-1-5-10(11)9-16-13-8-4-3-7-12(13)14/h1-8H. The smallest absolute Gasteiger partial charge is 0.231 e. The normalized spacial score (nSPS) is 13.4. The lowest BCUT2D eigenvalue weighted by Gasteiger charge is -2.02. The van der Waals surface area contributed by atoms with E-state index in [1.807, 2.05) is 30.3 Å². The highest BCUT2D eigenvalue weighted by Crippen LogP contribution is 2.28. The van der Waals surface area contributed by atoms with Crippen molar-refractivity contribution in [1.29, 1.82) is 0 Å². The average molecular weight is 208 g/mol. The molecule has 0 bridgehead atoms. The summed E-state index contributed by atoms with van der Waals surface area (Å²) < 4.78 is 5.37. The molecule has 76 valence electrons. The predicted molar refractivity (Wildman–Crippen MR) is 59.3 cm³/mol. The molecular formula is C14H8O2. The lowest BCUT2D eigenvalue weighted by Crippen LogP contribution is -2.01. The van der Waals surface area contributed by atoms with Crippen molar-refractivity contribution in [1.82, 2.24) is 0 Å². The Morgan fingerprint density at radius 2 is 1.56 bits per heavy atom. The van der Waals surface area contributed by atoms with Gasteiger partial charge in [-0.2, -0.15) is 0 Å². The van der Waals surface area contributed by atoms with Crippen LogP contribution in [0.1, 0.15) is 21.5 Å². The maximum absolute atomic E-state index is 12.2. The summed E-state index contributed by atoms with van der Waals surface area (Å²) in [7, 11) is 0. The predicted octanol–water partition coefficient (Wildman–Crippen LogP) is 2.70. The minimum Gasteiger partial charge on any atom is -0.472 e. The molecule has 0 atom stereocenters. The molecule has 1 aliphatic heterocycles. The van der Waals surface area contributed by atoms with Gasteiger partial charge >= 0.3 is 0 Å². The van der Waals surface area contributed by atoms with Gasteiger partial charge in [-0.05, 0) is 12.1 Å². The minimum atomic E-state index is -0.0174. The molecule has 1 aliphatic rings. The lowest BCUT2D eigenvalue weighted by molar-refractivity contribution is 0.103. The van der Waals surface area contributed by atoms with Crippen LogP contribution in [0, 0.1) is 6.61 Å². The highest BCUT2D eigenvalue weighted by molar-refractivity contribution is 6.12. The van der Waals surface area contributed by atoms with Gasteiger partial charge in [-0.1, -0.05) is 36.4 Å². The summed E-state index contributed by atoms with van der Waals surface area (Å²) in [6, 6.07) is 14.5. The molecule has 3 rings (SSSR count). The fraction of sp³-hybridized carbons (Fsp3) is 0. The van der Waals surface area contributed by atoms with E-state index in [4.69, 9.17) is 4.74 Å². The first-order valence-electron chi connectivity index (χ1n) is 5.02. The third-order valence-electron chi connectivity index (χ3n) is 2.57. The molecule has 2 aromatic carbocycles. The number of benzene rings is 2. The van der Waals surface area contributed by atoms with Crippen LogP contribution in [-0.2, 0) is 0 Å². The molecule has 0 fully saturated rings. The number of para-hydroxylation sites is 1. The van der Waals surface area contributed by atoms with E-state index in [0.29, 0.717) is 22.4 Å². The van der Waals surface area contributed by atoms with Crippen LogP contribution in [0.3, 0.4) is 0 Å². The zero-order valence-electron chi connectivity index (χ0n) is 8.44. The van der Waals surface area contributed by atoms with Gasteiger partial charge in [-0.25, -0.2) is 0 Å².